The van der Waals surface area contributed by atoms with Crippen LogP contribution in [0.25, 0.3) is 10.9 Å². The van der Waals surface area contributed by atoms with E-state index in [1.165, 1.54) is 25.7 Å². The van der Waals surface area contributed by atoms with E-state index in [0.29, 0.717) is 4.75 Å². The molecule has 1 saturated carbocycles. The first-order valence-corrected chi connectivity index (χ1v) is 8.80. The largest absolute Gasteiger partial charge is 0.399 e. The van der Waals surface area contributed by atoms with Crippen molar-refractivity contribution in [1.29, 1.82) is 0 Å². The number of aryl methyl sites for hydroxylation is 1. The van der Waals surface area contributed by atoms with Gasteiger partial charge < -0.3 is 11.1 Å². The standard InChI is InChI=1S/C17H23N3S/c1-12-9-16(14-10-13(18)5-6-15(14)20-12)19-11-17(21-2)7-3-4-8-17/h5-6,9-10H,3-4,7-8,11,18H2,1-2H3,(H,19,20). The third-order valence-corrected chi connectivity index (χ3v) is 5.93. The van der Waals surface area contributed by atoms with E-state index >= 15 is 0 Å². The van der Waals surface area contributed by atoms with Gasteiger partial charge in [0.05, 0.1) is 5.52 Å². The number of rotatable bonds is 4. The molecular formula is C17H23N3S. The van der Waals surface area contributed by atoms with Crippen molar-refractivity contribution >= 4 is 34.0 Å². The lowest BCUT2D eigenvalue weighted by Gasteiger charge is -2.28. The lowest BCUT2D eigenvalue weighted by atomic mass is 10.1. The van der Waals surface area contributed by atoms with Crippen molar-refractivity contribution in [3.05, 3.63) is 30.0 Å². The number of hydrogen-bond acceptors (Lipinski definition) is 4. The second-order valence-corrected chi connectivity index (χ2v) is 7.31. The third kappa shape index (κ3) is 2.95. The fourth-order valence-electron chi connectivity index (χ4n) is 3.25. The molecule has 4 heteroatoms. The molecule has 1 heterocycles. The molecule has 1 aromatic heterocycles. The van der Waals surface area contributed by atoms with Gasteiger partial charge in [-0.1, -0.05) is 12.8 Å². The highest BCUT2D eigenvalue weighted by Crippen LogP contribution is 2.40. The Morgan fingerprint density at radius 3 is 2.76 bits per heavy atom. The molecule has 0 saturated heterocycles. The Hall–Kier alpha value is -1.42. The second kappa shape index (κ2) is 5.76. The molecule has 0 unspecified atom stereocenters. The van der Waals surface area contributed by atoms with Gasteiger partial charge in [0.25, 0.3) is 0 Å². The molecule has 21 heavy (non-hydrogen) atoms. The Kier molecular flexibility index (Phi) is 3.98. The van der Waals surface area contributed by atoms with E-state index in [2.05, 4.69) is 22.6 Å². The van der Waals surface area contributed by atoms with Crippen LogP contribution in [0.2, 0.25) is 0 Å². The number of aromatic nitrogens is 1. The minimum atomic E-state index is 0.393. The number of nitrogens with two attached hydrogens (primary N) is 1. The van der Waals surface area contributed by atoms with E-state index in [0.717, 1.165) is 34.5 Å². The summed E-state index contributed by atoms with van der Waals surface area (Å²) in [5.41, 5.74) is 9.94. The second-order valence-electron chi connectivity index (χ2n) is 6.04. The average molecular weight is 301 g/mol. The fourth-order valence-corrected chi connectivity index (χ4v) is 4.16. The molecule has 0 amide bonds. The summed E-state index contributed by atoms with van der Waals surface area (Å²) in [5, 5.41) is 4.79. The molecule has 1 aliphatic rings. The van der Waals surface area contributed by atoms with Gasteiger partial charge in [-0.15, -0.1) is 0 Å². The summed E-state index contributed by atoms with van der Waals surface area (Å²) < 4.78 is 0.393. The Morgan fingerprint density at radius 2 is 2.05 bits per heavy atom. The first kappa shape index (κ1) is 14.5. The molecule has 3 rings (SSSR count). The van der Waals surface area contributed by atoms with Gasteiger partial charge >= 0.3 is 0 Å². The highest BCUT2D eigenvalue weighted by molar-refractivity contribution is 8.00. The van der Waals surface area contributed by atoms with Crippen LogP contribution >= 0.6 is 11.8 Å². The molecule has 2 aromatic rings. The molecule has 1 fully saturated rings. The van der Waals surface area contributed by atoms with Gasteiger partial charge in [0.15, 0.2) is 0 Å². The lowest BCUT2D eigenvalue weighted by Crippen LogP contribution is -2.30. The Morgan fingerprint density at radius 1 is 1.29 bits per heavy atom. The van der Waals surface area contributed by atoms with Gasteiger partial charge in [-0.3, -0.25) is 4.98 Å². The molecule has 0 spiro atoms. The van der Waals surface area contributed by atoms with E-state index in [4.69, 9.17) is 5.73 Å². The van der Waals surface area contributed by atoms with Gasteiger partial charge in [-0.2, -0.15) is 11.8 Å². The molecule has 1 aliphatic carbocycles. The molecule has 3 N–H and O–H groups in total. The van der Waals surface area contributed by atoms with E-state index in [-0.39, 0.29) is 0 Å². The summed E-state index contributed by atoms with van der Waals surface area (Å²) in [6.07, 6.45) is 7.56. The SMILES string of the molecule is CSC1(CNc2cc(C)nc3ccc(N)cc23)CCCC1. The molecular weight excluding hydrogens is 278 g/mol. The van der Waals surface area contributed by atoms with Crippen molar-refractivity contribution in [3.63, 3.8) is 0 Å². The maximum Gasteiger partial charge on any atom is 0.0727 e. The molecule has 0 aliphatic heterocycles. The Bertz CT molecular complexity index is 648. The predicted octanol–water partition coefficient (Wildman–Crippen LogP) is 4.21. The summed E-state index contributed by atoms with van der Waals surface area (Å²) in [7, 11) is 0. The van der Waals surface area contributed by atoms with Gasteiger partial charge in [0.1, 0.15) is 0 Å². The molecule has 0 bridgehead atoms. The minimum absolute atomic E-state index is 0.393. The van der Waals surface area contributed by atoms with Crippen LogP contribution in [0.1, 0.15) is 31.4 Å². The monoisotopic (exact) mass is 301 g/mol. The first-order chi connectivity index (χ1) is 10.1. The molecule has 0 radical (unpaired) electrons. The molecule has 112 valence electrons. The topological polar surface area (TPSA) is 50.9 Å². The first-order valence-electron chi connectivity index (χ1n) is 7.58. The van der Waals surface area contributed by atoms with Crippen LogP contribution in [-0.2, 0) is 0 Å². The van der Waals surface area contributed by atoms with E-state index in [9.17, 15) is 0 Å². The zero-order valence-electron chi connectivity index (χ0n) is 12.8. The van der Waals surface area contributed by atoms with Crippen LogP contribution in [0.5, 0.6) is 0 Å². The van der Waals surface area contributed by atoms with Crippen molar-refractivity contribution < 1.29 is 0 Å². The Balaban J connectivity index is 1.91. The van der Waals surface area contributed by atoms with Gasteiger partial charge in [0, 0.05) is 33.7 Å². The summed E-state index contributed by atoms with van der Waals surface area (Å²) >= 11 is 2.01. The van der Waals surface area contributed by atoms with Crippen LogP contribution < -0.4 is 11.1 Å². The van der Waals surface area contributed by atoms with Crippen molar-refractivity contribution in [1.82, 2.24) is 4.98 Å². The number of nitrogens with one attached hydrogen (secondary N) is 1. The third-order valence-electron chi connectivity index (χ3n) is 4.51. The number of hydrogen-bond donors (Lipinski definition) is 2. The van der Waals surface area contributed by atoms with Crippen molar-refractivity contribution in [2.75, 3.05) is 23.9 Å². The number of thioether (sulfide) groups is 1. The zero-order chi connectivity index (χ0) is 14.9. The highest BCUT2D eigenvalue weighted by Gasteiger charge is 2.32. The molecule has 0 atom stereocenters. The summed E-state index contributed by atoms with van der Waals surface area (Å²) in [6, 6.07) is 8.07. The quantitative estimate of drug-likeness (QED) is 0.830. The van der Waals surface area contributed by atoms with Crippen LogP contribution in [0, 0.1) is 6.92 Å². The number of fused-ring (bicyclic) bond motifs is 1. The number of nitrogen functional groups attached to an aromatic ring is 1. The highest BCUT2D eigenvalue weighted by atomic mass is 32.2. The van der Waals surface area contributed by atoms with Crippen molar-refractivity contribution in [3.8, 4) is 0 Å². The zero-order valence-corrected chi connectivity index (χ0v) is 13.6. The maximum absolute atomic E-state index is 5.94. The normalized spacial score (nSPS) is 17.2. The maximum atomic E-state index is 5.94. The summed E-state index contributed by atoms with van der Waals surface area (Å²) in [5.74, 6) is 0. The smallest absolute Gasteiger partial charge is 0.0727 e. The number of benzene rings is 1. The fraction of sp³-hybridized carbons (Fsp3) is 0.471. The Labute approximate surface area is 130 Å². The number of pyridine rings is 1. The van der Waals surface area contributed by atoms with Gasteiger partial charge in [0.2, 0.25) is 0 Å². The van der Waals surface area contributed by atoms with Crippen LogP contribution in [0.15, 0.2) is 24.3 Å². The summed E-state index contributed by atoms with van der Waals surface area (Å²) in [6.45, 7) is 3.06. The van der Waals surface area contributed by atoms with Crippen LogP contribution in [0.4, 0.5) is 11.4 Å². The minimum Gasteiger partial charge on any atom is -0.399 e. The number of anilines is 2. The van der Waals surface area contributed by atoms with Gasteiger partial charge in [-0.25, -0.2) is 0 Å². The summed E-state index contributed by atoms with van der Waals surface area (Å²) in [4.78, 5) is 4.59. The predicted molar refractivity (Wildman–Crippen MR) is 94.1 cm³/mol. The average Bonchev–Trinajstić information content (AvgIpc) is 2.95. The van der Waals surface area contributed by atoms with Crippen molar-refractivity contribution in [2.24, 2.45) is 0 Å². The van der Waals surface area contributed by atoms with Crippen LogP contribution in [-0.4, -0.2) is 22.5 Å². The van der Waals surface area contributed by atoms with Crippen LogP contribution in [0.3, 0.4) is 0 Å². The van der Waals surface area contributed by atoms with Gasteiger partial charge in [-0.05, 0) is 50.3 Å². The van der Waals surface area contributed by atoms with Crippen molar-refractivity contribution in [2.45, 2.75) is 37.4 Å². The van der Waals surface area contributed by atoms with E-state index < -0.39 is 0 Å². The van der Waals surface area contributed by atoms with E-state index in [1.807, 2.05) is 36.9 Å². The molecule has 1 aromatic carbocycles. The van der Waals surface area contributed by atoms with E-state index in [1.54, 1.807) is 0 Å². The lowest BCUT2D eigenvalue weighted by molar-refractivity contribution is 0.640. The molecule has 3 nitrogen and oxygen atoms in total. The number of nitrogens with zero attached hydrogens (tertiary/aromatic N) is 1.